The lowest BCUT2D eigenvalue weighted by atomic mass is 10.1. The van der Waals surface area contributed by atoms with Crippen molar-refractivity contribution in [2.75, 3.05) is 38.8 Å². The van der Waals surface area contributed by atoms with Crippen LogP contribution in [-0.4, -0.2) is 61.9 Å². The van der Waals surface area contributed by atoms with E-state index in [1.54, 1.807) is 19.1 Å². The van der Waals surface area contributed by atoms with Crippen molar-refractivity contribution in [2.45, 2.75) is 11.8 Å². The number of hydrogen-bond donors (Lipinski definition) is 2. The fourth-order valence-electron chi connectivity index (χ4n) is 3.01. The maximum absolute atomic E-state index is 13.1. The van der Waals surface area contributed by atoms with Crippen LogP contribution in [0, 0.1) is 10.1 Å². The third-order valence-electron chi connectivity index (χ3n) is 4.70. The number of nitrogens with zero attached hydrogens (tertiary/aromatic N) is 3. The molecule has 0 saturated carbocycles. The molecular weight excluding hydrogens is 428 g/mol. The first kappa shape index (κ1) is 22.5. The molecule has 2 aromatic carbocycles. The number of nitro benzene ring substituents is 1. The van der Waals surface area contributed by atoms with E-state index in [1.807, 2.05) is 0 Å². The first-order valence-corrected chi connectivity index (χ1v) is 10.7. The highest BCUT2D eigenvalue weighted by Gasteiger charge is 2.30. The summed E-state index contributed by atoms with van der Waals surface area (Å²) in [6, 6.07) is 8.16. The second-order valence-corrected chi connectivity index (χ2v) is 8.55. The minimum Gasteiger partial charge on any atom is -0.507 e. The van der Waals surface area contributed by atoms with Crippen molar-refractivity contribution < 1.29 is 27.9 Å². The number of hydrazone groups is 1. The van der Waals surface area contributed by atoms with Crippen LogP contribution in [0.2, 0.25) is 0 Å². The molecule has 2 N–H and O–H groups in total. The molecule has 1 saturated heterocycles. The Morgan fingerprint density at radius 3 is 2.58 bits per heavy atom. The number of phenols is 1. The smallest absolute Gasteiger partial charge is 0.270 e. The molecule has 3 rings (SSSR count). The number of ether oxygens (including phenoxy) is 2. The second-order valence-electron chi connectivity index (χ2n) is 6.65. The molecule has 0 spiro atoms. The largest absolute Gasteiger partial charge is 0.507 e. The minimum absolute atomic E-state index is 0.0627. The second kappa shape index (κ2) is 9.29. The van der Waals surface area contributed by atoms with Crippen molar-refractivity contribution in [2.24, 2.45) is 5.10 Å². The summed E-state index contributed by atoms with van der Waals surface area (Å²) in [7, 11) is -2.55. The average Bonchev–Trinajstić information content (AvgIpc) is 2.77. The Labute approximate surface area is 179 Å². The highest BCUT2D eigenvalue weighted by molar-refractivity contribution is 7.89. The van der Waals surface area contributed by atoms with Crippen molar-refractivity contribution in [3.8, 4) is 11.5 Å². The van der Waals surface area contributed by atoms with Crippen molar-refractivity contribution in [1.29, 1.82) is 0 Å². The zero-order chi connectivity index (χ0) is 22.6. The van der Waals surface area contributed by atoms with E-state index in [0.717, 1.165) is 6.07 Å². The first-order valence-electron chi connectivity index (χ1n) is 9.28. The predicted octanol–water partition coefficient (Wildman–Crippen LogP) is 2.17. The van der Waals surface area contributed by atoms with Gasteiger partial charge in [0, 0.05) is 36.9 Å². The lowest BCUT2D eigenvalue weighted by molar-refractivity contribution is -0.385. The minimum atomic E-state index is -4.03. The molecule has 0 aromatic heterocycles. The number of nitro groups is 1. The number of methoxy groups -OCH3 is 1. The Hall–Kier alpha value is -3.22. The van der Waals surface area contributed by atoms with Gasteiger partial charge in [-0.25, -0.2) is 8.42 Å². The molecule has 0 radical (unpaired) electrons. The molecule has 1 heterocycles. The normalized spacial score (nSPS) is 15.5. The van der Waals surface area contributed by atoms with E-state index < -0.39 is 14.9 Å². The van der Waals surface area contributed by atoms with Gasteiger partial charge in [-0.1, -0.05) is 0 Å². The molecule has 1 aliphatic heterocycles. The zero-order valence-corrected chi connectivity index (χ0v) is 17.8. The van der Waals surface area contributed by atoms with E-state index >= 15 is 0 Å². The van der Waals surface area contributed by atoms with Crippen LogP contribution in [0.1, 0.15) is 12.5 Å². The van der Waals surface area contributed by atoms with Gasteiger partial charge in [0.1, 0.15) is 16.4 Å². The number of anilines is 1. The summed E-state index contributed by atoms with van der Waals surface area (Å²) < 4.78 is 37.7. The van der Waals surface area contributed by atoms with Crippen LogP contribution in [0.15, 0.2) is 46.4 Å². The number of non-ortho nitro benzene ring substituents is 1. The van der Waals surface area contributed by atoms with Gasteiger partial charge in [0.2, 0.25) is 10.0 Å². The molecular formula is C19H22N4O7S. The molecule has 0 aliphatic carbocycles. The third-order valence-corrected chi connectivity index (χ3v) is 6.64. The van der Waals surface area contributed by atoms with Crippen molar-refractivity contribution in [3.63, 3.8) is 0 Å². The molecule has 1 aliphatic rings. The molecule has 11 nitrogen and oxygen atoms in total. The number of nitrogens with one attached hydrogen (secondary N) is 1. The Morgan fingerprint density at radius 2 is 1.97 bits per heavy atom. The number of rotatable bonds is 7. The molecule has 31 heavy (non-hydrogen) atoms. The van der Waals surface area contributed by atoms with E-state index in [-0.39, 0.29) is 48.3 Å². The van der Waals surface area contributed by atoms with Crippen LogP contribution in [0.5, 0.6) is 11.5 Å². The summed E-state index contributed by atoms with van der Waals surface area (Å²) in [6.45, 7) is 2.39. The van der Waals surface area contributed by atoms with Gasteiger partial charge in [-0.2, -0.15) is 9.41 Å². The molecule has 2 aromatic rings. The molecule has 0 unspecified atom stereocenters. The van der Waals surface area contributed by atoms with Crippen LogP contribution in [-0.2, 0) is 14.8 Å². The standard InChI is InChI=1S/C19H22N4O7S/c1-13(16-5-4-15(29-2)12-18(16)24)20-21-17-6-3-14(23(25)26)11-19(17)31(27,28)22-7-9-30-10-8-22/h3-6,11-12,21,24H,7-10H2,1-2H3. The highest BCUT2D eigenvalue weighted by Crippen LogP contribution is 2.30. The molecule has 0 amide bonds. The summed E-state index contributed by atoms with van der Waals surface area (Å²) in [6.07, 6.45) is 0. The van der Waals surface area contributed by atoms with Gasteiger partial charge in [-0.3, -0.25) is 15.5 Å². The summed E-state index contributed by atoms with van der Waals surface area (Å²) in [5.41, 5.74) is 3.16. The SMILES string of the molecule is COc1ccc(C(C)=NNc2ccc([N+](=O)[O-])cc2S(=O)(=O)N2CCOCC2)c(O)c1. The lowest BCUT2D eigenvalue weighted by Crippen LogP contribution is -2.40. The Kier molecular flexibility index (Phi) is 6.73. The number of phenolic OH excluding ortho intramolecular Hbond substituents is 1. The van der Waals surface area contributed by atoms with Crippen LogP contribution >= 0.6 is 0 Å². The fourth-order valence-corrected chi connectivity index (χ4v) is 4.57. The summed E-state index contributed by atoms with van der Waals surface area (Å²) in [5, 5.41) is 25.5. The van der Waals surface area contributed by atoms with Gasteiger partial charge >= 0.3 is 0 Å². The van der Waals surface area contributed by atoms with E-state index in [4.69, 9.17) is 9.47 Å². The van der Waals surface area contributed by atoms with Gasteiger partial charge in [0.05, 0.1) is 36.6 Å². The van der Waals surface area contributed by atoms with E-state index in [9.17, 15) is 23.6 Å². The fraction of sp³-hybridized carbons (Fsp3) is 0.316. The van der Waals surface area contributed by atoms with Crippen LogP contribution < -0.4 is 10.2 Å². The quantitative estimate of drug-likeness (QED) is 0.371. The third kappa shape index (κ3) is 4.93. The Bertz CT molecular complexity index is 1110. The molecule has 12 heteroatoms. The monoisotopic (exact) mass is 450 g/mol. The molecule has 166 valence electrons. The number of morpholine rings is 1. The number of hydrogen-bond acceptors (Lipinski definition) is 9. The summed E-state index contributed by atoms with van der Waals surface area (Å²) in [4.78, 5) is 10.3. The maximum atomic E-state index is 13.1. The van der Waals surface area contributed by atoms with Gasteiger partial charge in [0.25, 0.3) is 5.69 Å². The number of sulfonamides is 1. The average molecular weight is 450 g/mol. The van der Waals surface area contributed by atoms with Crippen molar-refractivity contribution >= 4 is 27.1 Å². The van der Waals surface area contributed by atoms with Gasteiger partial charge in [0.15, 0.2) is 0 Å². The maximum Gasteiger partial charge on any atom is 0.270 e. The highest BCUT2D eigenvalue weighted by atomic mass is 32.2. The first-order chi connectivity index (χ1) is 14.7. The number of benzene rings is 2. The van der Waals surface area contributed by atoms with Gasteiger partial charge in [-0.15, -0.1) is 0 Å². The molecule has 0 bridgehead atoms. The van der Waals surface area contributed by atoms with Crippen molar-refractivity contribution in [3.05, 3.63) is 52.1 Å². The van der Waals surface area contributed by atoms with E-state index in [0.29, 0.717) is 17.0 Å². The predicted molar refractivity (Wildman–Crippen MR) is 113 cm³/mol. The Balaban J connectivity index is 1.97. The van der Waals surface area contributed by atoms with Gasteiger partial charge < -0.3 is 14.6 Å². The van der Waals surface area contributed by atoms with Crippen LogP contribution in [0.25, 0.3) is 0 Å². The Morgan fingerprint density at radius 1 is 1.26 bits per heavy atom. The molecule has 0 atom stereocenters. The van der Waals surface area contributed by atoms with E-state index in [1.165, 1.54) is 29.6 Å². The zero-order valence-electron chi connectivity index (χ0n) is 16.9. The van der Waals surface area contributed by atoms with E-state index in [2.05, 4.69) is 10.5 Å². The number of aromatic hydroxyl groups is 1. The molecule has 1 fully saturated rings. The van der Waals surface area contributed by atoms with Crippen LogP contribution in [0.4, 0.5) is 11.4 Å². The topological polar surface area (TPSA) is 144 Å². The summed E-state index contributed by atoms with van der Waals surface area (Å²) >= 11 is 0. The van der Waals surface area contributed by atoms with Crippen molar-refractivity contribution in [1.82, 2.24) is 4.31 Å². The summed E-state index contributed by atoms with van der Waals surface area (Å²) in [5.74, 6) is 0.406. The lowest BCUT2D eigenvalue weighted by Gasteiger charge is -2.26. The van der Waals surface area contributed by atoms with Gasteiger partial charge in [-0.05, 0) is 25.1 Å². The van der Waals surface area contributed by atoms with Crippen LogP contribution in [0.3, 0.4) is 0 Å².